The molecule has 0 aliphatic carbocycles. The maximum absolute atomic E-state index is 12.2. The Balaban J connectivity index is 0.000000297. The normalized spacial score (nSPS) is 15.5. The average Bonchev–Trinajstić information content (AvgIpc) is 2.94. The van der Waals surface area contributed by atoms with E-state index in [0.717, 1.165) is 11.2 Å². The van der Waals surface area contributed by atoms with Crippen LogP contribution < -0.4 is 10.9 Å². The minimum Gasteiger partial charge on any atom is -0.423 e. The molecule has 3 rings (SSSR count). The van der Waals surface area contributed by atoms with Crippen molar-refractivity contribution in [2.75, 3.05) is 0 Å². The minimum atomic E-state index is -5.09. The highest BCUT2D eigenvalue weighted by Gasteiger charge is 2.51. The van der Waals surface area contributed by atoms with E-state index in [1.165, 1.54) is 24.3 Å². The highest BCUT2D eigenvalue weighted by atomic mass is 35.5. The van der Waals surface area contributed by atoms with Crippen LogP contribution in [0.1, 0.15) is 40.3 Å². The minimum absolute atomic E-state index is 0.293. The first-order chi connectivity index (χ1) is 16.7. The van der Waals surface area contributed by atoms with E-state index >= 15 is 0 Å². The summed E-state index contributed by atoms with van der Waals surface area (Å²) in [6.45, 7) is 10.7. The molecule has 2 N–H and O–H groups in total. The summed E-state index contributed by atoms with van der Waals surface area (Å²) in [7, 11) is -1.89. The summed E-state index contributed by atoms with van der Waals surface area (Å²) in [5.74, 6) is -4.15. The second-order valence-corrected chi connectivity index (χ2v) is 9.14. The van der Waals surface area contributed by atoms with Crippen molar-refractivity contribution in [3.05, 3.63) is 53.1 Å². The molecule has 15 heteroatoms. The number of carbonyl (C=O) groups excluding carboxylic acids is 2. The Morgan fingerprint density at radius 2 is 1.54 bits per heavy atom. The number of nitrogens with zero attached hydrogens (tertiary/aromatic N) is 1. The highest BCUT2D eigenvalue weighted by molar-refractivity contribution is 6.62. The van der Waals surface area contributed by atoms with E-state index in [4.69, 9.17) is 31.0 Å². The van der Waals surface area contributed by atoms with E-state index in [-0.39, 0.29) is 24.1 Å². The van der Waals surface area contributed by atoms with Gasteiger partial charge in [-0.1, -0.05) is 23.7 Å². The number of hydrogen-bond donors (Lipinski definition) is 2. The lowest BCUT2D eigenvalue weighted by Gasteiger charge is -2.32. The molecule has 0 bridgehead atoms. The van der Waals surface area contributed by atoms with Gasteiger partial charge in [-0.3, -0.25) is 4.79 Å². The highest BCUT2D eigenvalue weighted by Crippen LogP contribution is 2.36. The van der Waals surface area contributed by atoms with Crippen LogP contribution in [0.15, 0.2) is 36.4 Å². The number of benzene rings is 1. The van der Waals surface area contributed by atoms with Crippen LogP contribution in [0.4, 0.5) is 17.6 Å². The number of aryl methyl sites for hydroxylation is 1. The number of halogens is 5. The van der Waals surface area contributed by atoms with Gasteiger partial charge in [0.2, 0.25) is 0 Å². The topological polar surface area (TPSA) is 115 Å². The third kappa shape index (κ3) is 10.4. The number of pyridine rings is 1. The van der Waals surface area contributed by atoms with Gasteiger partial charge < -0.3 is 24.1 Å². The van der Waals surface area contributed by atoms with Gasteiger partial charge in [0.15, 0.2) is 0 Å². The smallest absolute Gasteiger partial charge is 0.423 e. The molecule has 1 aliphatic heterocycles. The monoisotopic (exact) mass is 549 g/mol. The summed E-state index contributed by atoms with van der Waals surface area (Å²) < 4.78 is 60.8. The molecule has 2 heterocycles. The maximum Gasteiger partial charge on any atom is 0.495 e. The molecule has 37 heavy (non-hydrogen) atoms. The fourth-order valence-electron chi connectivity index (χ4n) is 2.59. The largest absolute Gasteiger partial charge is 0.495 e. The van der Waals surface area contributed by atoms with Crippen molar-refractivity contribution in [3.63, 3.8) is 0 Å². The molecular weight excluding hydrogens is 523 g/mol. The first-order valence-electron chi connectivity index (χ1n) is 10.7. The number of aromatic nitrogens is 1. The zero-order chi connectivity index (χ0) is 28.8. The Kier molecular flexibility index (Phi) is 11.3. The molecule has 1 aromatic carbocycles. The van der Waals surface area contributed by atoms with E-state index in [1.807, 2.05) is 40.7 Å². The van der Waals surface area contributed by atoms with E-state index in [2.05, 4.69) is 9.72 Å². The van der Waals surface area contributed by atoms with Crippen LogP contribution in [-0.4, -0.2) is 58.6 Å². The summed E-state index contributed by atoms with van der Waals surface area (Å²) in [5.41, 5.74) is 1.41. The first kappa shape index (κ1) is 32.5. The molecule has 1 aromatic heterocycles. The van der Waals surface area contributed by atoms with Crippen LogP contribution >= 0.6 is 11.6 Å². The summed E-state index contributed by atoms with van der Waals surface area (Å²) in [6.07, 6.45) is -5.09. The molecule has 1 fully saturated rings. The molecule has 0 spiro atoms. The van der Waals surface area contributed by atoms with Crippen molar-refractivity contribution < 1.29 is 51.2 Å². The quantitative estimate of drug-likeness (QED) is 0.193. The predicted octanol–water partition coefficient (Wildman–Crippen LogP) is 2.49. The summed E-state index contributed by atoms with van der Waals surface area (Å²) in [4.78, 5) is 23.6. The van der Waals surface area contributed by atoms with Crippen LogP contribution in [-0.2, 0) is 23.6 Å². The van der Waals surface area contributed by atoms with Crippen molar-refractivity contribution >= 4 is 48.7 Å². The fraction of sp³-hybridized carbons (Fsp3) is 0.409. The summed E-state index contributed by atoms with van der Waals surface area (Å²) in [6, 6.07) is 8.72. The molecule has 1 saturated heterocycles. The lowest BCUT2D eigenvalue weighted by molar-refractivity contribution is -0.201. The molecular formula is C22H26B2ClF4NO7. The van der Waals surface area contributed by atoms with Gasteiger partial charge in [0, 0.05) is 12.6 Å². The molecule has 0 radical (unpaired) electrons. The molecule has 0 saturated carbocycles. The second kappa shape index (κ2) is 12.8. The Bertz CT molecular complexity index is 1050. The van der Waals surface area contributed by atoms with E-state index in [1.54, 1.807) is 6.07 Å². The zero-order valence-electron chi connectivity index (χ0n) is 20.9. The Morgan fingerprint density at radius 3 is 1.89 bits per heavy atom. The fourth-order valence-corrected chi connectivity index (χ4v) is 2.85. The molecule has 2 aromatic rings. The number of esters is 2. The lowest BCUT2D eigenvalue weighted by Crippen LogP contribution is -2.41. The van der Waals surface area contributed by atoms with Crippen molar-refractivity contribution in [2.24, 2.45) is 0 Å². The van der Waals surface area contributed by atoms with Gasteiger partial charge in [0.25, 0.3) is 0 Å². The molecule has 0 amide bonds. The van der Waals surface area contributed by atoms with Gasteiger partial charge in [0.05, 0.1) is 11.2 Å². The van der Waals surface area contributed by atoms with Gasteiger partial charge in [-0.15, -0.1) is 0 Å². The van der Waals surface area contributed by atoms with Gasteiger partial charge in [0.1, 0.15) is 11.0 Å². The number of rotatable bonds is 2. The molecule has 0 atom stereocenters. The van der Waals surface area contributed by atoms with Gasteiger partial charge in [-0.05, 0) is 69.8 Å². The first-order valence-corrected chi connectivity index (χ1v) is 11.0. The van der Waals surface area contributed by atoms with Gasteiger partial charge >= 0.3 is 32.4 Å². The summed E-state index contributed by atoms with van der Waals surface area (Å²) >= 11 is 5.95. The molecule has 1 aliphatic rings. The van der Waals surface area contributed by atoms with Gasteiger partial charge in [-0.2, -0.15) is 13.2 Å². The Hall–Kier alpha value is -2.51. The van der Waals surface area contributed by atoms with Gasteiger partial charge in [-0.25, -0.2) is 14.2 Å². The molecule has 0 unspecified atom stereocenters. The predicted molar refractivity (Wildman–Crippen MR) is 129 cm³/mol. The van der Waals surface area contributed by atoms with Crippen LogP contribution in [0.5, 0.6) is 0 Å². The van der Waals surface area contributed by atoms with Crippen molar-refractivity contribution in [2.45, 2.75) is 58.9 Å². The lowest BCUT2D eigenvalue weighted by atomic mass is 9.79. The number of ether oxygens (including phenoxy) is 1. The Labute approximate surface area is 217 Å². The SMILES string of the molecule is CC(=O)OC(=O)C(F)(F)F.Cc1cc(B2OC(C)(C)C(C)(C)O2)cc(Cl)n1.OB(O)c1ccc(F)cc1. The van der Waals surface area contributed by atoms with Crippen LogP contribution in [0.2, 0.25) is 5.15 Å². The average molecular weight is 550 g/mol. The summed E-state index contributed by atoms with van der Waals surface area (Å²) in [5, 5.41) is 17.6. The molecule has 8 nitrogen and oxygen atoms in total. The second-order valence-electron chi connectivity index (χ2n) is 8.76. The van der Waals surface area contributed by atoms with Crippen LogP contribution in [0, 0.1) is 12.7 Å². The van der Waals surface area contributed by atoms with Crippen LogP contribution in [0.3, 0.4) is 0 Å². The third-order valence-electron chi connectivity index (χ3n) is 5.11. The number of alkyl halides is 3. The van der Waals surface area contributed by atoms with E-state index < -0.39 is 25.2 Å². The van der Waals surface area contributed by atoms with E-state index in [9.17, 15) is 27.2 Å². The van der Waals surface area contributed by atoms with E-state index in [0.29, 0.717) is 17.5 Å². The number of hydrogen-bond acceptors (Lipinski definition) is 8. The number of carbonyl (C=O) groups is 2. The molecule has 202 valence electrons. The van der Waals surface area contributed by atoms with Crippen molar-refractivity contribution in [1.29, 1.82) is 0 Å². The standard InChI is InChI=1S/C12H17BClNO2.C6H6BFO2.C4H3F3O3/c1-8-6-9(7-10(14)15-8)13-16-11(2,3)12(4,5)17-13;8-6-3-1-5(2-4-6)7(9)10;1-2(8)10-3(9)4(5,6)7/h6-7H,1-5H3;1-4,9-10H;1H3. The maximum atomic E-state index is 12.2. The van der Waals surface area contributed by atoms with Crippen molar-refractivity contribution in [1.82, 2.24) is 4.98 Å². The third-order valence-corrected chi connectivity index (χ3v) is 5.30. The van der Waals surface area contributed by atoms with Crippen molar-refractivity contribution in [3.8, 4) is 0 Å². The zero-order valence-corrected chi connectivity index (χ0v) is 21.6. The Morgan fingerprint density at radius 1 is 1.05 bits per heavy atom. The van der Waals surface area contributed by atoms with Crippen LogP contribution in [0.25, 0.3) is 0 Å².